The third kappa shape index (κ3) is 2.96. The van der Waals surface area contributed by atoms with E-state index in [0.717, 1.165) is 15.7 Å². The minimum absolute atomic E-state index is 0.0609. The number of hydrogen-bond donors (Lipinski definition) is 2. The van der Waals surface area contributed by atoms with Gasteiger partial charge in [0.05, 0.1) is 24.4 Å². The van der Waals surface area contributed by atoms with Gasteiger partial charge in [-0.15, -0.1) is 0 Å². The molecular weight excluding hydrogens is 414 g/mol. The molecule has 1 aromatic heterocycles. The number of nitrogens with one attached hydrogen (secondary N) is 1. The summed E-state index contributed by atoms with van der Waals surface area (Å²) in [5.41, 5.74) is 1.80. The lowest BCUT2D eigenvalue weighted by Gasteiger charge is -2.35. The molecule has 0 saturated heterocycles. The van der Waals surface area contributed by atoms with Crippen LogP contribution in [0, 0.1) is 6.92 Å². The van der Waals surface area contributed by atoms with Gasteiger partial charge >= 0.3 is 5.69 Å². The van der Waals surface area contributed by atoms with E-state index in [4.69, 9.17) is 14.2 Å². The summed E-state index contributed by atoms with van der Waals surface area (Å²) in [6.45, 7) is 2.64. The number of likely N-dealkylation sites (N-methyl/N-ethyl adjacent to an activating group) is 1. The molecule has 3 aromatic rings. The van der Waals surface area contributed by atoms with Gasteiger partial charge in [0.15, 0.2) is 11.5 Å². The maximum absolute atomic E-state index is 13.0. The second kappa shape index (κ2) is 7.45. The van der Waals surface area contributed by atoms with Crippen molar-refractivity contribution in [3.63, 3.8) is 0 Å². The third-order valence-corrected chi connectivity index (χ3v) is 6.08. The number of aromatic hydroxyl groups is 1. The van der Waals surface area contributed by atoms with Crippen molar-refractivity contribution < 1.29 is 19.3 Å². The average molecular weight is 437 g/mol. The van der Waals surface area contributed by atoms with Crippen molar-refractivity contribution in [2.24, 2.45) is 0 Å². The monoisotopic (exact) mass is 437 g/mol. The van der Waals surface area contributed by atoms with Gasteiger partial charge in [0.1, 0.15) is 0 Å². The maximum Gasteiger partial charge on any atom is 0.335 e. The van der Waals surface area contributed by atoms with E-state index in [1.54, 1.807) is 12.1 Å². The van der Waals surface area contributed by atoms with Crippen LogP contribution >= 0.6 is 0 Å². The Balaban J connectivity index is 1.78. The Labute approximate surface area is 183 Å². The first kappa shape index (κ1) is 20.2. The van der Waals surface area contributed by atoms with Gasteiger partial charge in [0.25, 0.3) is 5.56 Å². The number of rotatable bonds is 3. The summed E-state index contributed by atoms with van der Waals surface area (Å²) in [6.07, 6.45) is 0.700. The largest absolute Gasteiger partial charge is 0.494 e. The molecule has 2 aromatic carbocycles. The van der Waals surface area contributed by atoms with Crippen LogP contribution in [0.5, 0.6) is 23.1 Å². The second-order valence-corrected chi connectivity index (χ2v) is 8.02. The Morgan fingerprint density at radius 3 is 2.62 bits per heavy atom. The highest BCUT2D eigenvalue weighted by molar-refractivity contribution is 5.63. The predicted molar refractivity (Wildman–Crippen MR) is 116 cm³/mol. The van der Waals surface area contributed by atoms with E-state index in [0.29, 0.717) is 41.5 Å². The Morgan fingerprint density at radius 2 is 1.91 bits per heavy atom. The molecule has 1 atom stereocenters. The van der Waals surface area contributed by atoms with E-state index < -0.39 is 23.2 Å². The molecule has 3 heterocycles. The highest BCUT2D eigenvalue weighted by Crippen LogP contribution is 2.51. The van der Waals surface area contributed by atoms with E-state index in [1.807, 2.05) is 37.1 Å². The molecule has 166 valence electrons. The number of aryl methyl sites for hydroxylation is 1. The summed E-state index contributed by atoms with van der Waals surface area (Å²) < 4.78 is 18.0. The number of H-pyrrole nitrogens is 1. The highest BCUT2D eigenvalue weighted by Gasteiger charge is 2.38. The molecule has 2 N–H and O–H groups in total. The van der Waals surface area contributed by atoms with E-state index in [-0.39, 0.29) is 12.4 Å². The van der Waals surface area contributed by atoms with Crippen molar-refractivity contribution in [2.75, 3.05) is 27.5 Å². The summed E-state index contributed by atoms with van der Waals surface area (Å²) in [7, 11) is 3.39. The zero-order valence-electron chi connectivity index (χ0n) is 18.0. The van der Waals surface area contributed by atoms with E-state index in [2.05, 4.69) is 4.98 Å². The van der Waals surface area contributed by atoms with Gasteiger partial charge in [0, 0.05) is 12.1 Å². The molecular formula is C23H23N3O6. The number of benzene rings is 2. The molecule has 0 unspecified atom stereocenters. The molecule has 0 spiro atoms. The molecule has 0 aliphatic carbocycles. The quantitative estimate of drug-likeness (QED) is 0.644. The number of aromatic amines is 1. The van der Waals surface area contributed by atoms with Gasteiger partial charge < -0.3 is 19.3 Å². The van der Waals surface area contributed by atoms with Crippen molar-refractivity contribution in [1.82, 2.24) is 14.5 Å². The lowest BCUT2D eigenvalue weighted by atomic mass is 9.87. The number of hydrogen-bond acceptors (Lipinski definition) is 7. The Bertz CT molecular complexity index is 1330. The van der Waals surface area contributed by atoms with Gasteiger partial charge in [-0.3, -0.25) is 14.7 Å². The summed E-state index contributed by atoms with van der Waals surface area (Å²) >= 11 is 0. The molecule has 0 bridgehead atoms. The van der Waals surface area contributed by atoms with Gasteiger partial charge in [-0.25, -0.2) is 9.36 Å². The van der Waals surface area contributed by atoms with Crippen molar-refractivity contribution in [3.05, 3.63) is 73.4 Å². The van der Waals surface area contributed by atoms with E-state index >= 15 is 0 Å². The molecule has 9 heteroatoms. The zero-order valence-corrected chi connectivity index (χ0v) is 18.0. The minimum atomic E-state index is -0.712. The molecule has 32 heavy (non-hydrogen) atoms. The number of aromatic nitrogens is 2. The number of methoxy groups -OCH3 is 1. The zero-order chi connectivity index (χ0) is 22.6. The molecule has 5 rings (SSSR count). The first-order chi connectivity index (χ1) is 15.4. The Kier molecular flexibility index (Phi) is 4.70. The average Bonchev–Trinajstić information content (AvgIpc) is 3.23. The fourth-order valence-electron chi connectivity index (χ4n) is 4.52. The lowest BCUT2D eigenvalue weighted by Crippen LogP contribution is -2.39. The summed E-state index contributed by atoms with van der Waals surface area (Å²) in [4.78, 5) is 30.0. The summed E-state index contributed by atoms with van der Waals surface area (Å²) in [6, 6.07) is 8.33. The van der Waals surface area contributed by atoms with Crippen molar-refractivity contribution in [2.45, 2.75) is 19.4 Å². The Hall–Kier alpha value is -3.72. The van der Waals surface area contributed by atoms with Crippen molar-refractivity contribution in [3.8, 4) is 28.8 Å². The normalized spacial score (nSPS) is 17.3. The van der Waals surface area contributed by atoms with Crippen LogP contribution in [-0.2, 0) is 6.42 Å². The second-order valence-electron chi connectivity index (χ2n) is 8.02. The van der Waals surface area contributed by atoms with Gasteiger partial charge in [-0.05, 0) is 44.2 Å². The highest BCUT2D eigenvalue weighted by atomic mass is 16.7. The number of nitrogens with zero attached hydrogens (tertiary/aromatic N) is 2. The van der Waals surface area contributed by atoms with Crippen LogP contribution in [0.4, 0.5) is 0 Å². The number of ether oxygens (including phenoxy) is 3. The van der Waals surface area contributed by atoms with Gasteiger partial charge in [-0.2, -0.15) is 0 Å². The molecule has 0 amide bonds. The molecule has 2 aliphatic heterocycles. The van der Waals surface area contributed by atoms with Crippen LogP contribution in [0.3, 0.4) is 0 Å². The van der Waals surface area contributed by atoms with Gasteiger partial charge in [-0.1, -0.05) is 17.7 Å². The topological polar surface area (TPSA) is 106 Å². The van der Waals surface area contributed by atoms with E-state index in [9.17, 15) is 14.7 Å². The van der Waals surface area contributed by atoms with Crippen molar-refractivity contribution >= 4 is 0 Å². The summed E-state index contributed by atoms with van der Waals surface area (Å²) in [5.74, 6) is 1.10. The minimum Gasteiger partial charge on any atom is -0.494 e. The first-order valence-corrected chi connectivity index (χ1v) is 10.3. The van der Waals surface area contributed by atoms with Crippen LogP contribution in [-0.4, -0.2) is 47.1 Å². The first-order valence-electron chi connectivity index (χ1n) is 10.3. The standard InChI is InChI=1S/C23H23N3O6/c1-12-4-6-14(7-5-12)26-22(28)17(21(27)24-23(26)29)18-16-13(8-9-25(18)2)10-15-19(20(16)30-3)32-11-31-15/h4-7,10,18,28H,8-9,11H2,1-3H3,(H,24,27,29)/t18-/m0/s1. The van der Waals surface area contributed by atoms with Crippen molar-refractivity contribution in [1.29, 1.82) is 0 Å². The fourth-order valence-corrected chi connectivity index (χ4v) is 4.52. The van der Waals surface area contributed by atoms with Gasteiger partial charge in [0.2, 0.25) is 18.4 Å². The molecule has 9 nitrogen and oxygen atoms in total. The lowest BCUT2D eigenvalue weighted by molar-refractivity contribution is 0.170. The maximum atomic E-state index is 13.0. The number of fused-ring (bicyclic) bond motifs is 2. The Morgan fingerprint density at radius 1 is 1.16 bits per heavy atom. The molecule has 0 saturated carbocycles. The smallest absolute Gasteiger partial charge is 0.335 e. The predicted octanol–water partition coefficient (Wildman–Crippen LogP) is 1.85. The molecule has 2 aliphatic rings. The van der Waals surface area contributed by atoms with E-state index in [1.165, 1.54) is 7.11 Å². The van der Waals surface area contributed by atoms with Crippen LogP contribution < -0.4 is 25.5 Å². The van der Waals surface area contributed by atoms with Crippen LogP contribution in [0.2, 0.25) is 0 Å². The third-order valence-electron chi connectivity index (χ3n) is 6.08. The molecule has 0 radical (unpaired) electrons. The fraction of sp³-hybridized carbons (Fsp3) is 0.304. The summed E-state index contributed by atoms with van der Waals surface area (Å²) in [5, 5.41) is 11.2. The van der Waals surface area contributed by atoms with Crippen LogP contribution in [0.15, 0.2) is 39.9 Å². The van der Waals surface area contributed by atoms with Crippen LogP contribution in [0.1, 0.15) is 28.3 Å². The molecule has 0 fully saturated rings. The SMILES string of the molecule is COc1c2c(cc3c1[C@@H](c1c(O)n(-c4ccc(C)cc4)c(=O)[nH]c1=O)N(C)CC3)OCO2. The van der Waals surface area contributed by atoms with Crippen LogP contribution in [0.25, 0.3) is 5.69 Å².